The van der Waals surface area contributed by atoms with Crippen LogP contribution in [0.25, 0.3) is 0 Å². The van der Waals surface area contributed by atoms with E-state index in [9.17, 15) is 4.79 Å². The van der Waals surface area contributed by atoms with Gasteiger partial charge in [-0.3, -0.25) is 0 Å². The first-order chi connectivity index (χ1) is 4.76. The summed E-state index contributed by atoms with van der Waals surface area (Å²) in [6.45, 7) is 2.55. The molecule has 0 aliphatic carbocycles. The molecule has 2 nitrogen and oxygen atoms in total. The third-order valence-electron chi connectivity index (χ3n) is 1.66. The summed E-state index contributed by atoms with van der Waals surface area (Å²) >= 11 is 0. The molecule has 0 aliphatic rings. The van der Waals surface area contributed by atoms with E-state index in [-0.39, 0.29) is 18.0 Å². The van der Waals surface area contributed by atoms with E-state index in [1.54, 1.807) is 0 Å². The van der Waals surface area contributed by atoms with Gasteiger partial charge in [0.1, 0.15) is 5.78 Å². The molecular formula is C7H14BNO. The molecule has 2 radical (unpaired) electrons. The number of carbonyl (C=O) groups is 1. The first kappa shape index (κ1) is 9.69. The summed E-state index contributed by atoms with van der Waals surface area (Å²) in [7, 11) is 5.19. The van der Waals surface area contributed by atoms with Crippen LogP contribution in [-0.4, -0.2) is 20.2 Å². The molecule has 0 saturated carbocycles. The lowest BCUT2D eigenvalue weighted by atomic mass is 9.88. The number of rotatable bonds is 5. The second-order valence-corrected chi connectivity index (χ2v) is 2.35. The first-order valence-electron chi connectivity index (χ1n) is 3.69. The molecule has 0 spiro atoms. The highest BCUT2D eigenvalue weighted by Crippen LogP contribution is 2.09. The second kappa shape index (κ2) is 5.48. The molecule has 3 heteroatoms. The van der Waals surface area contributed by atoms with E-state index < -0.39 is 0 Å². The van der Waals surface area contributed by atoms with Crippen molar-refractivity contribution in [2.24, 2.45) is 11.7 Å². The fraction of sp³-hybridized carbons (Fsp3) is 0.857. The zero-order chi connectivity index (χ0) is 7.98. The van der Waals surface area contributed by atoms with Crippen molar-refractivity contribution >= 4 is 13.6 Å². The monoisotopic (exact) mass is 139 g/mol. The molecule has 0 rings (SSSR count). The van der Waals surface area contributed by atoms with Gasteiger partial charge in [-0.1, -0.05) is 6.92 Å². The molecule has 0 amide bonds. The van der Waals surface area contributed by atoms with E-state index >= 15 is 0 Å². The number of carbonyl (C=O) groups excluding carboxylic acids is 1. The molecule has 2 N–H and O–H groups in total. The van der Waals surface area contributed by atoms with Gasteiger partial charge in [0.25, 0.3) is 0 Å². The van der Waals surface area contributed by atoms with Crippen LogP contribution in [0.3, 0.4) is 0 Å². The number of nitrogens with two attached hydrogens (primary N) is 1. The van der Waals surface area contributed by atoms with Crippen LogP contribution in [0.1, 0.15) is 19.8 Å². The van der Waals surface area contributed by atoms with E-state index in [2.05, 4.69) is 0 Å². The quantitative estimate of drug-likeness (QED) is 0.564. The Morgan fingerprint density at radius 1 is 1.70 bits per heavy atom. The van der Waals surface area contributed by atoms with Gasteiger partial charge in [-0.2, -0.15) is 0 Å². The standard InChI is InChI=1S/C7H14BNO/c1-2-6(3-4-9)7(10)5-8/h6H,2-5,9H2,1H3. The fourth-order valence-corrected chi connectivity index (χ4v) is 0.961. The lowest BCUT2D eigenvalue weighted by Crippen LogP contribution is -2.17. The van der Waals surface area contributed by atoms with Crippen molar-refractivity contribution in [3.8, 4) is 0 Å². The van der Waals surface area contributed by atoms with Gasteiger partial charge in [0, 0.05) is 5.92 Å². The highest BCUT2D eigenvalue weighted by atomic mass is 16.1. The molecule has 1 unspecified atom stereocenters. The molecule has 0 fully saturated rings. The molecule has 0 saturated heterocycles. The van der Waals surface area contributed by atoms with E-state index in [1.807, 2.05) is 6.92 Å². The first-order valence-corrected chi connectivity index (χ1v) is 3.69. The van der Waals surface area contributed by atoms with Crippen LogP contribution >= 0.6 is 0 Å². The molecule has 0 aromatic carbocycles. The average Bonchev–Trinajstić information content (AvgIpc) is 1.99. The summed E-state index contributed by atoms with van der Waals surface area (Å²) in [5, 5.41) is 0. The Bertz CT molecular complexity index is 106. The van der Waals surface area contributed by atoms with Crippen molar-refractivity contribution < 1.29 is 4.79 Å². The van der Waals surface area contributed by atoms with E-state index in [1.165, 1.54) is 0 Å². The van der Waals surface area contributed by atoms with Crippen molar-refractivity contribution in [3.63, 3.8) is 0 Å². The highest BCUT2D eigenvalue weighted by molar-refractivity contribution is 6.20. The van der Waals surface area contributed by atoms with Crippen molar-refractivity contribution in [1.29, 1.82) is 0 Å². The summed E-state index contributed by atoms with van der Waals surface area (Å²) in [5.74, 6) is 0.225. The van der Waals surface area contributed by atoms with Gasteiger partial charge in [0.2, 0.25) is 0 Å². The van der Waals surface area contributed by atoms with Gasteiger partial charge in [0.05, 0.1) is 7.85 Å². The van der Waals surface area contributed by atoms with E-state index in [0.717, 1.165) is 12.8 Å². The zero-order valence-corrected chi connectivity index (χ0v) is 6.47. The lowest BCUT2D eigenvalue weighted by molar-refractivity contribution is -0.120. The predicted molar refractivity (Wildman–Crippen MR) is 43.0 cm³/mol. The third-order valence-corrected chi connectivity index (χ3v) is 1.66. The summed E-state index contributed by atoms with van der Waals surface area (Å²) in [6.07, 6.45) is 1.78. The topological polar surface area (TPSA) is 43.1 Å². The molecule has 0 bridgehead atoms. The third kappa shape index (κ3) is 3.02. The number of ketones is 1. The normalized spacial score (nSPS) is 13.0. The Labute approximate surface area is 63.6 Å². The fourth-order valence-electron chi connectivity index (χ4n) is 0.961. The maximum absolute atomic E-state index is 11.0. The average molecular weight is 139 g/mol. The molecule has 10 heavy (non-hydrogen) atoms. The van der Waals surface area contributed by atoms with Gasteiger partial charge in [-0.05, 0) is 25.7 Å². The van der Waals surface area contributed by atoms with Gasteiger partial charge < -0.3 is 10.5 Å². The van der Waals surface area contributed by atoms with Crippen LogP contribution in [0.2, 0.25) is 6.32 Å². The van der Waals surface area contributed by atoms with Crippen LogP contribution in [0.4, 0.5) is 0 Å². The Balaban J connectivity index is 3.68. The maximum atomic E-state index is 11.0. The zero-order valence-electron chi connectivity index (χ0n) is 6.47. The number of Topliss-reactive ketones (excluding diaryl/α,β-unsaturated/α-hetero) is 1. The molecule has 0 aromatic rings. The van der Waals surface area contributed by atoms with Crippen molar-refractivity contribution in [2.75, 3.05) is 6.54 Å². The minimum atomic E-state index is 0.0926. The van der Waals surface area contributed by atoms with Crippen LogP contribution in [0.5, 0.6) is 0 Å². The highest BCUT2D eigenvalue weighted by Gasteiger charge is 2.11. The Kier molecular flexibility index (Phi) is 5.31. The predicted octanol–water partition coefficient (Wildman–Crippen LogP) is 0.517. The Morgan fingerprint density at radius 2 is 2.30 bits per heavy atom. The van der Waals surface area contributed by atoms with Crippen LogP contribution in [0, 0.1) is 5.92 Å². The van der Waals surface area contributed by atoms with Crippen LogP contribution in [0.15, 0.2) is 0 Å². The van der Waals surface area contributed by atoms with E-state index in [4.69, 9.17) is 13.6 Å². The summed E-state index contributed by atoms with van der Waals surface area (Å²) in [5.41, 5.74) is 5.30. The molecule has 0 heterocycles. The van der Waals surface area contributed by atoms with Crippen molar-refractivity contribution in [2.45, 2.75) is 26.1 Å². The molecule has 1 atom stereocenters. The summed E-state index contributed by atoms with van der Waals surface area (Å²) < 4.78 is 0. The summed E-state index contributed by atoms with van der Waals surface area (Å²) in [6, 6.07) is 0. The summed E-state index contributed by atoms with van der Waals surface area (Å²) in [4.78, 5) is 11.0. The van der Waals surface area contributed by atoms with Gasteiger partial charge in [-0.25, -0.2) is 0 Å². The van der Waals surface area contributed by atoms with Crippen LogP contribution < -0.4 is 5.73 Å². The minimum absolute atomic E-state index is 0.0926. The lowest BCUT2D eigenvalue weighted by Gasteiger charge is -2.09. The Hall–Kier alpha value is -0.305. The van der Waals surface area contributed by atoms with Crippen molar-refractivity contribution in [1.82, 2.24) is 0 Å². The molecule has 0 aromatic heterocycles. The largest absolute Gasteiger partial charge is 0.330 e. The minimum Gasteiger partial charge on any atom is -0.330 e. The SMILES string of the molecule is [B]CC(=O)C(CC)CCN. The van der Waals surface area contributed by atoms with Gasteiger partial charge in [0.15, 0.2) is 0 Å². The smallest absolute Gasteiger partial charge is 0.127 e. The number of hydrogen-bond donors (Lipinski definition) is 1. The molecule has 0 aliphatic heterocycles. The molecule has 56 valence electrons. The Morgan fingerprint density at radius 3 is 2.60 bits per heavy atom. The van der Waals surface area contributed by atoms with Gasteiger partial charge in [-0.15, -0.1) is 0 Å². The maximum Gasteiger partial charge on any atom is 0.127 e. The van der Waals surface area contributed by atoms with E-state index in [0.29, 0.717) is 6.54 Å². The van der Waals surface area contributed by atoms with Crippen LogP contribution in [-0.2, 0) is 4.79 Å². The number of hydrogen-bond acceptors (Lipinski definition) is 2. The second-order valence-electron chi connectivity index (χ2n) is 2.35. The van der Waals surface area contributed by atoms with Gasteiger partial charge >= 0.3 is 0 Å². The molecular weight excluding hydrogens is 125 g/mol. The van der Waals surface area contributed by atoms with Crippen molar-refractivity contribution in [3.05, 3.63) is 0 Å².